The first-order valence-electron chi connectivity index (χ1n) is 8.05. The van der Waals surface area contributed by atoms with Gasteiger partial charge in [-0.2, -0.15) is 0 Å². The molecular weight excluding hydrogens is 311 g/mol. The molecule has 0 spiro atoms. The minimum Gasteiger partial charge on any atom is -0.438 e. The number of aryl methyl sites for hydroxylation is 1. The van der Waals surface area contributed by atoms with Crippen LogP contribution in [0.15, 0.2) is 35.3 Å². The first-order valence-corrected chi connectivity index (χ1v) is 8.05. The van der Waals surface area contributed by atoms with E-state index in [1.165, 1.54) is 12.6 Å². The van der Waals surface area contributed by atoms with E-state index in [2.05, 4.69) is 15.3 Å². The monoisotopic (exact) mass is 332 g/mol. The van der Waals surface area contributed by atoms with Crippen molar-refractivity contribution in [2.24, 2.45) is 0 Å². The average molecular weight is 332 g/mol. The second kappa shape index (κ2) is 7.09. The summed E-state index contributed by atoms with van der Waals surface area (Å²) in [6.07, 6.45) is 5.02. The summed E-state index contributed by atoms with van der Waals surface area (Å²) < 4.78 is 19.9. The quantitative estimate of drug-likeness (QED) is 0.908. The van der Waals surface area contributed by atoms with Crippen LogP contribution in [0.4, 0.5) is 4.39 Å². The Morgan fingerprint density at radius 2 is 2.17 bits per heavy atom. The van der Waals surface area contributed by atoms with Gasteiger partial charge in [0.05, 0.1) is 11.9 Å². The first-order chi connectivity index (χ1) is 11.6. The largest absolute Gasteiger partial charge is 0.438 e. The minimum absolute atomic E-state index is 0.199. The molecule has 2 aromatic heterocycles. The number of likely N-dealkylation sites (tertiary alicyclic amines) is 1. The van der Waals surface area contributed by atoms with Gasteiger partial charge in [0.25, 0.3) is 5.91 Å². The highest BCUT2D eigenvalue weighted by atomic mass is 19.1. The van der Waals surface area contributed by atoms with Gasteiger partial charge in [0.1, 0.15) is 5.67 Å². The van der Waals surface area contributed by atoms with Crippen LogP contribution < -0.4 is 5.32 Å². The molecule has 3 rings (SSSR count). The van der Waals surface area contributed by atoms with Gasteiger partial charge in [-0.1, -0.05) is 6.07 Å². The van der Waals surface area contributed by atoms with Gasteiger partial charge in [0, 0.05) is 45.2 Å². The van der Waals surface area contributed by atoms with Crippen molar-refractivity contribution in [1.82, 2.24) is 20.2 Å². The van der Waals surface area contributed by atoms with E-state index in [9.17, 15) is 9.18 Å². The van der Waals surface area contributed by atoms with Crippen LogP contribution in [0.3, 0.4) is 0 Å². The van der Waals surface area contributed by atoms with Crippen LogP contribution in [0, 0.1) is 6.92 Å². The second-order valence-electron chi connectivity index (χ2n) is 6.24. The lowest BCUT2D eigenvalue weighted by atomic mass is 9.93. The van der Waals surface area contributed by atoms with Crippen molar-refractivity contribution < 1.29 is 13.6 Å². The van der Waals surface area contributed by atoms with Crippen LogP contribution in [-0.2, 0) is 6.54 Å². The summed E-state index contributed by atoms with van der Waals surface area (Å²) in [6.45, 7) is 3.52. The number of aromatic nitrogens is 2. The van der Waals surface area contributed by atoms with Crippen LogP contribution in [0.1, 0.15) is 34.7 Å². The summed E-state index contributed by atoms with van der Waals surface area (Å²) in [7, 11) is 0. The van der Waals surface area contributed by atoms with Crippen LogP contribution in [0.5, 0.6) is 0 Å². The average Bonchev–Trinajstić information content (AvgIpc) is 3.11. The summed E-state index contributed by atoms with van der Waals surface area (Å²) in [5.41, 5.74) is 0.690. The number of amides is 1. The number of piperidine rings is 1. The molecule has 24 heavy (non-hydrogen) atoms. The molecule has 0 bridgehead atoms. The third-order valence-electron chi connectivity index (χ3n) is 4.31. The third-order valence-corrected chi connectivity index (χ3v) is 4.31. The molecule has 1 saturated heterocycles. The number of halogens is 1. The fraction of sp³-hybridized carbons (Fsp3) is 0.471. The molecule has 0 saturated carbocycles. The van der Waals surface area contributed by atoms with Crippen LogP contribution in [0.25, 0.3) is 0 Å². The number of rotatable bonds is 5. The molecule has 1 aliphatic rings. The molecule has 1 aliphatic heterocycles. The normalized spacial score (nSPS) is 17.0. The molecule has 1 N–H and O–H groups in total. The van der Waals surface area contributed by atoms with Gasteiger partial charge in [-0.25, -0.2) is 9.37 Å². The molecule has 1 amide bonds. The van der Waals surface area contributed by atoms with E-state index in [1.54, 1.807) is 11.1 Å². The van der Waals surface area contributed by atoms with Crippen molar-refractivity contribution in [3.8, 4) is 0 Å². The zero-order valence-electron chi connectivity index (χ0n) is 13.7. The minimum atomic E-state index is -1.30. The molecule has 0 aromatic carbocycles. The number of pyridine rings is 1. The molecule has 0 radical (unpaired) electrons. The number of nitrogens with zero attached hydrogens (tertiary/aromatic N) is 3. The maximum Gasteiger partial charge on any atom is 0.291 e. The van der Waals surface area contributed by atoms with Gasteiger partial charge >= 0.3 is 0 Å². The number of hydrogen-bond acceptors (Lipinski definition) is 5. The summed E-state index contributed by atoms with van der Waals surface area (Å²) in [4.78, 5) is 21.8. The molecule has 128 valence electrons. The van der Waals surface area contributed by atoms with Crippen molar-refractivity contribution >= 4 is 5.91 Å². The standard InChI is InChI=1S/C17H21FN4O2/c1-13-2-3-14(21-8-13)9-19-11-17(18)4-6-22(7-5-17)16(23)15-10-20-12-24-15/h2-3,8,10,12,19H,4-7,9,11H2,1H3. The summed E-state index contributed by atoms with van der Waals surface area (Å²) in [6, 6.07) is 3.93. The van der Waals surface area contributed by atoms with Gasteiger partial charge in [-0.3, -0.25) is 9.78 Å². The Balaban J connectivity index is 1.46. The van der Waals surface area contributed by atoms with Crippen molar-refractivity contribution in [2.75, 3.05) is 19.6 Å². The number of carbonyl (C=O) groups is 1. The lowest BCUT2D eigenvalue weighted by Gasteiger charge is -2.36. The van der Waals surface area contributed by atoms with E-state index in [0.29, 0.717) is 32.5 Å². The van der Waals surface area contributed by atoms with Gasteiger partial charge in [0.15, 0.2) is 6.39 Å². The van der Waals surface area contributed by atoms with Gasteiger partial charge in [-0.05, 0) is 18.6 Å². The number of alkyl halides is 1. The van der Waals surface area contributed by atoms with E-state index >= 15 is 0 Å². The smallest absolute Gasteiger partial charge is 0.291 e. The Bertz CT molecular complexity index is 664. The summed E-state index contributed by atoms with van der Waals surface area (Å²) in [5.74, 6) is -0.0312. The summed E-state index contributed by atoms with van der Waals surface area (Å²) in [5, 5.41) is 3.13. The fourth-order valence-electron chi connectivity index (χ4n) is 2.78. The van der Waals surface area contributed by atoms with E-state index < -0.39 is 5.67 Å². The Labute approximate surface area is 140 Å². The summed E-state index contributed by atoms with van der Waals surface area (Å²) >= 11 is 0. The van der Waals surface area contributed by atoms with Crippen molar-refractivity contribution in [2.45, 2.75) is 32.0 Å². The zero-order valence-corrected chi connectivity index (χ0v) is 13.7. The molecule has 0 aliphatic carbocycles. The lowest BCUT2D eigenvalue weighted by molar-refractivity contribution is 0.0412. The Hall–Kier alpha value is -2.28. The molecule has 3 heterocycles. The molecule has 0 atom stereocenters. The predicted octanol–water partition coefficient (Wildman–Crippen LogP) is 2.11. The molecular formula is C17H21FN4O2. The van der Waals surface area contributed by atoms with E-state index in [1.807, 2.05) is 19.1 Å². The van der Waals surface area contributed by atoms with E-state index in [0.717, 1.165) is 11.3 Å². The van der Waals surface area contributed by atoms with Gasteiger partial charge in [0.2, 0.25) is 5.76 Å². The van der Waals surface area contributed by atoms with Crippen molar-refractivity contribution in [3.05, 3.63) is 47.9 Å². The number of nitrogens with one attached hydrogen (secondary N) is 1. The maximum absolute atomic E-state index is 14.9. The lowest BCUT2D eigenvalue weighted by Crippen LogP contribution is -2.48. The highest BCUT2D eigenvalue weighted by molar-refractivity contribution is 5.91. The maximum atomic E-state index is 14.9. The number of oxazole rings is 1. The van der Waals surface area contributed by atoms with Gasteiger partial charge < -0.3 is 14.6 Å². The zero-order chi connectivity index (χ0) is 17.0. The molecule has 1 fully saturated rings. The Morgan fingerprint density at radius 1 is 1.38 bits per heavy atom. The molecule has 0 unspecified atom stereocenters. The first kappa shape index (κ1) is 16.6. The molecule has 2 aromatic rings. The van der Waals surface area contributed by atoms with Crippen molar-refractivity contribution in [1.29, 1.82) is 0 Å². The Morgan fingerprint density at radius 3 is 2.79 bits per heavy atom. The van der Waals surface area contributed by atoms with E-state index in [-0.39, 0.29) is 18.2 Å². The van der Waals surface area contributed by atoms with Crippen LogP contribution in [-0.4, -0.2) is 46.1 Å². The third kappa shape index (κ3) is 3.97. The molecule has 7 heteroatoms. The van der Waals surface area contributed by atoms with Crippen molar-refractivity contribution in [3.63, 3.8) is 0 Å². The Kier molecular flexibility index (Phi) is 4.89. The second-order valence-corrected chi connectivity index (χ2v) is 6.24. The predicted molar refractivity (Wildman–Crippen MR) is 86.2 cm³/mol. The highest BCUT2D eigenvalue weighted by Gasteiger charge is 2.36. The van der Waals surface area contributed by atoms with Crippen LogP contribution >= 0.6 is 0 Å². The number of carbonyl (C=O) groups excluding carboxylic acids is 1. The topological polar surface area (TPSA) is 71.3 Å². The molecule has 6 nitrogen and oxygen atoms in total. The fourth-order valence-corrected chi connectivity index (χ4v) is 2.78. The number of hydrogen-bond donors (Lipinski definition) is 1. The van der Waals surface area contributed by atoms with E-state index in [4.69, 9.17) is 4.42 Å². The SMILES string of the molecule is Cc1ccc(CNCC2(F)CCN(C(=O)c3cnco3)CC2)nc1. The van der Waals surface area contributed by atoms with Gasteiger partial charge in [-0.15, -0.1) is 0 Å². The highest BCUT2D eigenvalue weighted by Crippen LogP contribution is 2.26. The van der Waals surface area contributed by atoms with Crippen LogP contribution in [0.2, 0.25) is 0 Å².